The number of carbonyl (C=O) groups is 1. The zero-order valence-electron chi connectivity index (χ0n) is 12.1. The fraction of sp³-hybridized carbons (Fsp3) is 0.923. The molecule has 2 heterocycles. The van der Waals surface area contributed by atoms with Gasteiger partial charge in [0.2, 0.25) is 5.91 Å². The molecule has 7 heteroatoms. The Morgan fingerprint density at radius 2 is 1.95 bits per heavy atom. The highest BCUT2D eigenvalue weighted by atomic mass is 35.5. The van der Waals surface area contributed by atoms with Crippen LogP contribution < -0.4 is 5.73 Å². The first-order valence-corrected chi connectivity index (χ1v) is 7.03. The van der Waals surface area contributed by atoms with Crippen molar-refractivity contribution in [1.29, 1.82) is 0 Å². The average Bonchev–Trinajstić information content (AvgIpc) is 2.86. The standard InChI is InChI=1S/C13H25N3O2.2ClH/c1-11(9-14)13(17)16-4-2-3-12(16)10-15-5-7-18-8-6-15;;/h11-12H,2-10,14H2,1H3;2*1H. The molecule has 2 fully saturated rings. The van der Waals surface area contributed by atoms with Crippen LogP contribution in [0.5, 0.6) is 0 Å². The molecule has 0 aromatic rings. The van der Waals surface area contributed by atoms with Gasteiger partial charge in [-0.25, -0.2) is 0 Å². The molecule has 2 atom stereocenters. The van der Waals surface area contributed by atoms with Crippen LogP contribution in [0.3, 0.4) is 0 Å². The zero-order chi connectivity index (χ0) is 13.0. The van der Waals surface area contributed by atoms with Crippen molar-refractivity contribution in [3.05, 3.63) is 0 Å². The van der Waals surface area contributed by atoms with E-state index in [9.17, 15) is 4.79 Å². The number of ether oxygens (including phenoxy) is 1. The van der Waals surface area contributed by atoms with Crippen molar-refractivity contribution in [2.75, 3.05) is 45.9 Å². The minimum absolute atomic E-state index is 0. The van der Waals surface area contributed by atoms with Gasteiger partial charge in [-0.15, -0.1) is 24.8 Å². The van der Waals surface area contributed by atoms with Gasteiger partial charge in [0.1, 0.15) is 0 Å². The van der Waals surface area contributed by atoms with Crippen molar-refractivity contribution >= 4 is 30.7 Å². The van der Waals surface area contributed by atoms with Gasteiger partial charge >= 0.3 is 0 Å². The molecule has 0 radical (unpaired) electrons. The molecule has 2 N–H and O–H groups in total. The van der Waals surface area contributed by atoms with E-state index in [1.807, 2.05) is 11.8 Å². The van der Waals surface area contributed by atoms with E-state index < -0.39 is 0 Å². The molecule has 0 aromatic carbocycles. The van der Waals surface area contributed by atoms with E-state index in [4.69, 9.17) is 10.5 Å². The lowest BCUT2D eigenvalue weighted by molar-refractivity contribution is -0.136. The summed E-state index contributed by atoms with van der Waals surface area (Å²) in [6.07, 6.45) is 2.25. The number of hydrogen-bond donors (Lipinski definition) is 1. The predicted molar refractivity (Wildman–Crippen MR) is 84.7 cm³/mol. The molecular formula is C13H27Cl2N3O2. The number of morpholine rings is 1. The number of amides is 1. The second kappa shape index (κ2) is 9.79. The maximum Gasteiger partial charge on any atom is 0.226 e. The molecule has 5 nitrogen and oxygen atoms in total. The maximum absolute atomic E-state index is 12.2. The van der Waals surface area contributed by atoms with Gasteiger partial charge in [-0.3, -0.25) is 9.69 Å². The number of halogens is 2. The van der Waals surface area contributed by atoms with E-state index in [0.29, 0.717) is 12.6 Å². The van der Waals surface area contributed by atoms with Gasteiger partial charge in [-0.2, -0.15) is 0 Å². The van der Waals surface area contributed by atoms with Gasteiger partial charge in [-0.1, -0.05) is 6.92 Å². The third kappa shape index (κ3) is 5.04. The first-order chi connectivity index (χ1) is 8.72. The Labute approximate surface area is 134 Å². The Morgan fingerprint density at radius 1 is 1.30 bits per heavy atom. The number of nitrogens with two attached hydrogens (primary N) is 1. The van der Waals surface area contributed by atoms with E-state index in [0.717, 1.165) is 52.2 Å². The van der Waals surface area contributed by atoms with Crippen LogP contribution in [0.1, 0.15) is 19.8 Å². The molecule has 0 aliphatic carbocycles. The number of nitrogens with zero attached hydrogens (tertiary/aromatic N) is 2. The Hall–Kier alpha value is -0.0700. The Bertz CT molecular complexity index is 289. The largest absolute Gasteiger partial charge is 0.379 e. The first-order valence-electron chi connectivity index (χ1n) is 7.03. The maximum atomic E-state index is 12.2. The van der Waals surface area contributed by atoms with Crippen LogP contribution in [0.2, 0.25) is 0 Å². The summed E-state index contributed by atoms with van der Waals surface area (Å²) in [5, 5.41) is 0. The van der Waals surface area contributed by atoms with Crippen LogP contribution in [-0.4, -0.2) is 67.7 Å². The van der Waals surface area contributed by atoms with E-state index in [1.54, 1.807) is 0 Å². The monoisotopic (exact) mass is 327 g/mol. The summed E-state index contributed by atoms with van der Waals surface area (Å²) in [6.45, 7) is 7.88. The van der Waals surface area contributed by atoms with E-state index >= 15 is 0 Å². The lowest BCUT2D eigenvalue weighted by Gasteiger charge is -2.33. The van der Waals surface area contributed by atoms with Gasteiger partial charge in [0, 0.05) is 44.7 Å². The fourth-order valence-electron chi connectivity index (χ4n) is 2.78. The van der Waals surface area contributed by atoms with Crippen molar-refractivity contribution in [1.82, 2.24) is 9.80 Å². The van der Waals surface area contributed by atoms with Crippen LogP contribution in [0, 0.1) is 5.92 Å². The van der Waals surface area contributed by atoms with E-state index in [-0.39, 0.29) is 36.6 Å². The molecule has 2 aliphatic rings. The van der Waals surface area contributed by atoms with Crippen LogP contribution >= 0.6 is 24.8 Å². The van der Waals surface area contributed by atoms with Crippen LogP contribution in [0.4, 0.5) is 0 Å². The highest BCUT2D eigenvalue weighted by molar-refractivity contribution is 5.85. The van der Waals surface area contributed by atoms with Crippen molar-refractivity contribution in [2.45, 2.75) is 25.8 Å². The molecule has 0 spiro atoms. The van der Waals surface area contributed by atoms with Gasteiger partial charge in [0.05, 0.1) is 13.2 Å². The molecule has 20 heavy (non-hydrogen) atoms. The smallest absolute Gasteiger partial charge is 0.226 e. The second-order valence-electron chi connectivity index (χ2n) is 5.38. The normalized spacial score (nSPS) is 24.7. The third-order valence-electron chi connectivity index (χ3n) is 4.01. The first kappa shape index (κ1) is 19.9. The van der Waals surface area contributed by atoms with Gasteiger partial charge < -0.3 is 15.4 Å². The lowest BCUT2D eigenvalue weighted by atomic mass is 10.1. The van der Waals surface area contributed by atoms with Crippen molar-refractivity contribution in [3.63, 3.8) is 0 Å². The van der Waals surface area contributed by atoms with Gasteiger partial charge in [0.15, 0.2) is 0 Å². The minimum Gasteiger partial charge on any atom is -0.379 e. The number of carbonyl (C=O) groups excluding carboxylic acids is 1. The SMILES string of the molecule is CC(CN)C(=O)N1CCCC1CN1CCOCC1.Cl.Cl. The summed E-state index contributed by atoms with van der Waals surface area (Å²) in [5.41, 5.74) is 5.60. The van der Waals surface area contributed by atoms with Gasteiger partial charge in [-0.05, 0) is 12.8 Å². The van der Waals surface area contributed by atoms with Crippen LogP contribution in [0.15, 0.2) is 0 Å². The zero-order valence-corrected chi connectivity index (χ0v) is 13.8. The molecule has 1 amide bonds. The van der Waals surface area contributed by atoms with Crippen LogP contribution in [-0.2, 0) is 9.53 Å². The quantitative estimate of drug-likeness (QED) is 0.827. The molecule has 0 aromatic heterocycles. The highest BCUT2D eigenvalue weighted by Crippen LogP contribution is 2.20. The molecule has 2 saturated heterocycles. The summed E-state index contributed by atoms with van der Waals surface area (Å²) in [5.74, 6) is 0.184. The van der Waals surface area contributed by atoms with Gasteiger partial charge in [0.25, 0.3) is 0 Å². The molecule has 120 valence electrons. The minimum atomic E-state index is -0.0460. The predicted octanol–water partition coefficient (Wildman–Crippen LogP) is 0.748. The Balaban J connectivity index is 0.00000180. The molecule has 2 unspecified atom stereocenters. The number of hydrogen-bond acceptors (Lipinski definition) is 4. The molecule has 0 saturated carbocycles. The summed E-state index contributed by atoms with van der Waals surface area (Å²) >= 11 is 0. The van der Waals surface area contributed by atoms with Crippen molar-refractivity contribution < 1.29 is 9.53 Å². The number of rotatable bonds is 4. The number of likely N-dealkylation sites (tertiary alicyclic amines) is 1. The second-order valence-corrected chi connectivity index (χ2v) is 5.38. The summed E-state index contributed by atoms with van der Waals surface area (Å²) in [4.78, 5) is 16.7. The molecule has 0 bridgehead atoms. The van der Waals surface area contributed by atoms with E-state index in [1.165, 1.54) is 0 Å². The van der Waals surface area contributed by atoms with Crippen molar-refractivity contribution in [2.24, 2.45) is 11.7 Å². The molecule has 2 aliphatic heterocycles. The Kier molecular flexibility index (Phi) is 9.76. The lowest BCUT2D eigenvalue weighted by Crippen LogP contribution is -2.48. The molecular weight excluding hydrogens is 301 g/mol. The summed E-state index contributed by atoms with van der Waals surface area (Å²) in [6, 6.07) is 0.379. The summed E-state index contributed by atoms with van der Waals surface area (Å²) < 4.78 is 5.36. The topological polar surface area (TPSA) is 58.8 Å². The third-order valence-corrected chi connectivity index (χ3v) is 4.01. The highest BCUT2D eigenvalue weighted by Gasteiger charge is 2.32. The van der Waals surface area contributed by atoms with E-state index in [2.05, 4.69) is 4.90 Å². The Morgan fingerprint density at radius 3 is 2.55 bits per heavy atom. The fourth-order valence-corrected chi connectivity index (χ4v) is 2.78. The average molecular weight is 328 g/mol. The van der Waals surface area contributed by atoms with Crippen molar-refractivity contribution in [3.8, 4) is 0 Å². The van der Waals surface area contributed by atoms with Crippen LogP contribution in [0.25, 0.3) is 0 Å². The summed E-state index contributed by atoms with van der Waals surface area (Å²) in [7, 11) is 0. The molecule has 2 rings (SSSR count).